The number of para-hydroxylation sites is 1. The number of Topliss-reactive ketones (excluding diaryl/α,β-unsaturated/α-hetero) is 1. The molecule has 0 radical (unpaired) electrons. The van der Waals surface area contributed by atoms with Gasteiger partial charge in [0.25, 0.3) is 0 Å². The molecule has 0 saturated heterocycles. The van der Waals surface area contributed by atoms with Crippen molar-refractivity contribution >= 4 is 29.1 Å². The maximum absolute atomic E-state index is 12.4. The van der Waals surface area contributed by atoms with E-state index in [1.807, 2.05) is 11.5 Å². The number of hydrogen-bond donors (Lipinski definition) is 1. The highest BCUT2D eigenvalue weighted by Crippen LogP contribution is 2.38. The molecule has 1 aromatic heterocycles. The first-order chi connectivity index (χ1) is 11.1. The maximum Gasteiger partial charge on any atom is 0.237 e. The summed E-state index contributed by atoms with van der Waals surface area (Å²) in [6.45, 7) is 3.31. The smallest absolute Gasteiger partial charge is 0.237 e. The van der Waals surface area contributed by atoms with Crippen molar-refractivity contribution in [2.24, 2.45) is 0 Å². The van der Waals surface area contributed by atoms with Crippen molar-refractivity contribution in [1.29, 1.82) is 0 Å². The zero-order chi connectivity index (χ0) is 16.4. The molecule has 1 atom stereocenters. The molecule has 6 nitrogen and oxygen atoms in total. The number of carbonyl (C=O) groups is 2. The largest absolute Gasteiger partial charge is 0.324 e. The van der Waals surface area contributed by atoms with Gasteiger partial charge in [0.1, 0.15) is 6.33 Å². The Balaban J connectivity index is 1.68. The van der Waals surface area contributed by atoms with Crippen LogP contribution < -0.4 is 5.32 Å². The molecule has 1 aromatic carbocycles. The van der Waals surface area contributed by atoms with E-state index in [1.165, 1.54) is 18.7 Å². The molecule has 1 amide bonds. The van der Waals surface area contributed by atoms with Gasteiger partial charge in [0.15, 0.2) is 10.9 Å². The third kappa shape index (κ3) is 3.61. The quantitative estimate of drug-likeness (QED) is 0.651. The number of hydrogen-bond acceptors (Lipinski definition) is 5. The number of thioether (sulfide) groups is 1. The number of ketones is 1. The Bertz CT molecular complexity index is 739. The number of anilines is 1. The fourth-order valence-electron chi connectivity index (χ4n) is 2.26. The Morgan fingerprint density at radius 1 is 1.35 bits per heavy atom. The van der Waals surface area contributed by atoms with Gasteiger partial charge in [0.2, 0.25) is 5.91 Å². The van der Waals surface area contributed by atoms with Gasteiger partial charge in [-0.3, -0.25) is 9.59 Å². The number of carbonyl (C=O) groups excluding carboxylic acids is 2. The van der Waals surface area contributed by atoms with Crippen LogP contribution in [0.3, 0.4) is 0 Å². The van der Waals surface area contributed by atoms with Crippen molar-refractivity contribution in [2.45, 2.75) is 43.1 Å². The molecule has 1 aliphatic carbocycles. The lowest BCUT2D eigenvalue weighted by Gasteiger charge is -2.13. The van der Waals surface area contributed by atoms with Crippen molar-refractivity contribution in [2.75, 3.05) is 5.32 Å². The molecular formula is C16H18N4O2S. The minimum absolute atomic E-state index is 0.0744. The van der Waals surface area contributed by atoms with Crippen LogP contribution in [0.1, 0.15) is 43.1 Å². The highest BCUT2D eigenvalue weighted by molar-refractivity contribution is 8.00. The highest BCUT2D eigenvalue weighted by Gasteiger charge is 2.28. The van der Waals surface area contributed by atoms with Crippen LogP contribution in [0, 0.1) is 0 Å². The molecule has 0 bridgehead atoms. The van der Waals surface area contributed by atoms with Crippen LogP contribution in [0.5, 0.6) is 0 Å². The molecule has 1 saturated carbocycles. The molecule has 0 aliphatic heterocycles. The fraction of sp³-hybridized carbons (Fsp3) is 0.375. The Morgan fingerprint density at radius 3 is 2.78 bits per heavy atom. The van der Waals surface area contributed by atoms with Gasteiger partial charge in [-0.1, -0.05) is 23.9 Å². The van der Waals surface area contributed by atoms with Crippen LogP contribution in [-0.2, 0) is 4.79 Å². The van der Waals surface area contributed by atoms with Gasteiger partial charge in [-0.2, -0.15) is 0 Å². The Kier molecular flexibility index (Phi) is 4.47. The average molecular weight is 330 g/mol. The van der Waals surface area contributed by atoms with Crippen molar-refractivity contribution in [3.05, 3.63) is 36.2 Å². The molecule has 0 unspecified atom stereocenters. The van der Waals surface area contributed by atoms with E-state index >= 15 is 0 Å². The van der Waals surface area contributed by atoms with E-state index in [1.54, 1.807) is 30.6 Å². The summed E-state index contributed by atoms with van der Waals surface area (Å²) in [6.07, 6.45) is 3.99. The molecule has 1 fully saturated rings. The zero-order valence-corrected chi connectivity index (χ0v) is 13.8. The molecule has 1 aliphatic rings. The van der Waals surface area contributed by atoms with E-state index in [9.17, 15) is 9.59 Å². The van der Waals surface area contributed by atoms with Crippen LogP contribution in [0.2, 0.25) is 0 Å². The molecule has 1 N–H and O–H groups in total. The van der Waals surface area contributed by atoms with Crippen LogP contribution in [0.4, 0.5) is 5.69 Å². The lowest BCUT2D eigenvalue weighted by atomic mass is 10.1. The van der Waals surface area contributed by atoms with E-state index < -0.39 is 0 Å². The predicted octanol–water partition coefficient (Wildman–Crippen LogP) is 2.93. The summed E-state index contributed by atoms with van der Waals surface area (Å²) in [6, 6.07) is 7.49. The molecular weight excluding hydrogens is 312 g/mol. The van der Waals surface area contributed by atoms with Gasteiger partial charge >= 0.3 is 0 Å². The SMILES string of the molecule is CC(=O)c1ccccc1NC(=O)[C@H](C)Sc1nncn1C1CC1. The van der Waals surface area contributed by atoms with Crippen LogP contribution in [-0.4, -0.2) is 31.7 Å². The predicted molar refractivity (Wildman–Crippen MR) is 88.7 cm³/mol. The van der Waals surface area contributed by atoms with Crippen molar-refractivity contribution < 1.29 is 9.59 Å². The van der Waals surface area contributed by atoms with E-state index in [-0.39, 0.29) is 16.9 Å². The third-order valence-corrected chi connectivity index (χ3v) is 4.77. The molecule has 1 heterocycles. The van der Waals surface area contributed by atoms with Crippen LogP contribution >= 0.6 is 11.8 Å². The summed E-state index contributed by atoms with van der Waals surface area (Å²) in [4.78, 5) is 24.0. The molecule has 120 valence electrons. The van der Waals surface area contributed by atoms with Gasteiger partial charge in [-0.15, -0.1) is 10.2 Å². The van der Waals surface area contributed by atoms with Gasteiger partial charge in [0, 0.05) is 11.6 Å². The minimum atomic E-state index is -0.336. The molecule has 3 rings (SSSR count). The number of nitrogens with zero attached hydrogens (tertiary/aromatic N) is 3. The van der Waals surface area contributed by atoms with E-state index in [0.29, 0.717) is 17.3 Å². The Morgan fingerprint density at radius 2 is 2.09 bits per heavy atom. The maximum atomic E-state index is 12.4. The normalized spacial score (nSPS) is 15.2. The number of rotatable bonds is 6. The monoisotopic (exact) mass is 330 g/mol. The van der Waals surface area contributed by atoms with Gasteiger partial charge in [-0.05, 0) is 38.8 Å². The Labute approximate surface area is 138 Å². The Hall–Kier alpha value is -2.15. The third-order valence-electron chi connectivity index (χ3n) is 3.70. The summed E-state index contributed by atoms with van der Waals surface area (Å²) < 4.78 is 2.03. The summed E-state index contributed by atoms with van der Waals surface area (Å²) in [5, 5.41) is 11.3. The average Bonchev–Trinajstić information content (AvgIpc) is 3.27. The number of aromatic nitrogens is 3. The van der Waals surface area contributed by atoms with Gasteiger partial charge < -0.3 is 9.88 Å². The van der Waals surface area contributed by atoms with E-state index in [4.69, 9.17) is 0 Å². The second kappa shape index (κ2) is 6.54. The molecule has 0 spiro atoms. The van der Waals surface area contributed by atoms with E-state index in [0.717, 1.165) is 18.0 Å². The van der Waals surface area contributed by atoms with Crippen molar-refractivity contribution in [3.63, 3.8) is 0 Å². The first-order valence-corrected chi connectivity index (χ1v) is 8.41. The summed E-state index contributed by atoms with van der Waals surface area (Å²) in [5.74, 6) is -0.233. The molecule has 23 heavy (non-hydrogen) atoms. The number of amides is 1. The highest BCUT2D eigenvalue weighted by atomic mass is 32.2. The first kappa shape index (κ1) is 15.7. The van der Waals surface area contributed by atoms with Crippen molar-refractivity contribution in [1.82, 2.24) is 14.8 Å². The first-order valence-electron chi connectivity index (χ1n) is 7.53. The van der Waals surface area contributed by atoms with Crippen molar-refractivity contribution in [3.8, 4) is 0 Å². The fourth-order valence-corrected chi connectivity index (χ4v) is 3.16. The van der Waals surface area contributed by atoms with Gasteiger partial charge in [-0.25, -0.2) is 0 Å². The minimum Gasteiger partial charge on any atom is -0.324 e. The van der Waals surface area contributed by atoms with Crippen LogP contribution in [0.25, 0.3) is 0 Å². The second-order valence-electron chi connectivity index (χ2n) is 5.60. The number of benzene rings is 1. The summed E-state index contributed by atoms with van der Waals surface area (Å²) in [5.41, 5.74) is 1.06. The lowest BCUT2D eigenvalue weighted by molar-refractivity contribution is -0.115. The lowest BCUT2D eigenvalue weighted by Crippen LogP contribution is -2.24. The standard InChI is InChI=1S/C16H18N4O2S/c1-10(21)13-5-3-4-6-14(13)18-15(22)11(2)23-16-19-17-9-20(16)12-7-8-12/h3-6,9,11-12H,7-8H2,1-2H3,(H,18,22)/t11-/m0/s1. The summed E-state index contributed by atoms with van der Waals surface area (Å²) in [7, 11) is 0. The molecule has 2 aromatic rings. The van der Waals surface area contributed by atoms with E-state index in [2.05, 4.69) is 15.5 Å². The molecule has 7 heteroatoms. The zero-order valence-electron chi connectivity index (χ0n) is 13.0. The van der Waals surface area contributed by atoms with Crippen LogP contribution in [0.15, 0.2) is 35.7 Å². The second-order valence-corrected chi connectivity index (χ2v) is 6.91. The van der Waals surface area contributed by atoms with Gasteiger partial charge in [0.05, 0.1) is 10.9 Å². The number of nitrogens with one attached hydrogen (secondary N) is 1. The topological polar surface area (TPSA) is 76.9 Å². The summed E-state index contributed by atoms with van der Waals surface area (Å²) >= 11 is 1.38.